The van der Waals surface area contributed by atoms with Crippen molar-refractivity contribution in [2.75, 3.05) is 0 Å². The van der Waals surface area contributed by atoms with Crippen molar-refractivity contribution in [3.63, 3.8) is 0 Å². The van der Waals surface area contributed by atoms with Crippen LogP contribution in [-0.4, -0.2) is 23.1 Å². The zero-order valence-electron chi connectivity index (χ0n) is 31.0. The van der Waals surface area contributed by atoms with Gasteiger partial charge in [0.1, 0.15) is 6.10 Å². The quantitative estimate of drug-likeness (QED) is 0.0422. The predicted molar refractivity (Wildman–Crippen MR) is 208 cm³/mol. The molecule has 48 heavy (non-hydrogen) atoms. The van der Waals surface area contributed by atoms with Gasteiger partial charge in [-0.3, -0.25) is 9.59 Å². The summed E-state index contributed by atoms with van der Waals surface area (Å²) in [5.41, 5.74) is 0. The minimum atomic E-state index is -0.722. The maximum Gasteiger partial charge on any atom is 0.306 e. The van der Waals surface area contributed by atoms with Crippen LogP contribution in [0.2, 0.25) is 0 Å². The number of hydrogen-bond donors (Lipinski definition) is 1. The molecule has 0 aliphatic rings. The average Bonchev–Trinajstić information content (AvgIpc) is 3.07. The van der Waals surface area contributed by atoms with Gasteiger partial charge in [0.15, 0.2) is 0 Å². The number of ether oxygens (including phenoxy) is 1. The number of rotatable bonds is 34. The van der Waals surface area contributed by atoms with Crippen molar-refractivity contribution in [3.05, 3.63) is 85.1 Å². The van der Waals surface area contributed by atoms with E-state index in [4.69, 9.17) is 9.84 Å². The molecule has 0 spiro atoms. The fourth-order valence-electron chi connectivity index (χ4n) is 5.22. The molecule has 0 radical (unpaired) electrons. The third-order valence-electron chi connectivity index (χ3n) is 8.09. The first kappa shape index (κ1) is 45.1. The maximum absolute atomic E-state index is 12.6. The third-order valence-corrected chi connectivity index (χ3v) is 8.09. The highest BCUT2D eigenvalue weighted by Crippen LogP contribution is 2.15. The van der Waals surface area contributed by atoms with Crippen LogP contribution in [0.25, 0.3) is 0 Å². The van der Waals surface area contributed by atoms with E-state index < -0.39 is 5.97 Å². The van der Waals surface area contributed by atoms with Crippen LogP contribution in [0, 0.1) is 0 Å². The molecule has 0 heterocycles. The van der Waals surface area contributed by atoms with Gasteiger partial charge in [0.25, 0.3) is 0 Å². The molecular weight excluding hydrogens is 592 g/mol. The molecule has 0 bridgehead atoms. The summed E-state index contributed by atoms with van der Waals surface area (Å²) in [6.07, 6.45) is 56.1. The number of carbonyl (C=O) groups excluding carboxylic acids is 1. The summed E-state index contributed by atoms with van der Waals surface area (Å²) < 4.78 is 5.88. The minimum absolute atomic E-state index is 0.0916. The summed E-state index contributed by atoms with van der Waals surface area (Å²) in [5, 5.41) is 8.81. The molecule has 0 fully saturated rings. The smallest absolute Gasteiger partial charge is 0.306 e. The molecule has 4 nitrogen and oxygen atoms in total. The fraction of sp³-hybridized carbons (Fsp3) is 0.636. The Morgan fingerprint density at radius 1 is 0.500 bits per heavy atom. The lowest BCUT2D eigenvalue weighted by Crippen LogP contribution is -2.16. The summed E-state index contributed by atoms with van der Waals surface area (Å²) in [6.45, 7) is 4.39. The van der Waals surface area contributed by atoms with Gasteiger partial charge in [-0.15, -0.1) is 0 Å². The topological polar surface area (TPSA) is 63.6 Å². The zero-order valence-corrected chi connectivity index (χ0v) is 31.0. The molecule has 0 saturated carbocycles. The molecule has 0 aromatic rings. The van der Waals surface area contributed by atoms with Crippen molar-refractivity contribution in [3.8, 4) is 0 Å². The Labute approximate surface area is 296 Å². The second-order valence-electron chi connectivity index (χ2n) is 12.7. The molecule has 272 valence electrons. The van der Waals surface area contributed by atoms with Crippen LogP contribution in [0.3, 0.4) is 0 Å². The van der Waals surface area contributed by atoms with E-state index >= 15 is 0 Å². The molecule has 0 aromatic heterocycles. The first-order valence-electron chi connectivity index (χ1n) is 19.6. The van der Waals surface area contributed by atoms with Crippen molar-refractivity contribution >= 4 is 11.9 Å². The molecule has 0 aromatic carbocycles. The molecule has 0 amide bonds. The number of allylic oxidation sites excluding steroid dienone is 13. The summed E-state index contributed by atoms with van der Waals surface area (Å²) >= 11 is 0. The second kappa shape index (κ2) is 38.6. The highest BCUT2D eigenvalue weighted by Gasteiger charge is 2.11. The van der Waals surface area contributed by atoms with Gasteiger partial charge >= 0.3 is 11.9 Å². The third kappa shape index (κ3) is 37.6. The van der Waals surface area contributed by atoms with Gasteiger partial charge in [-0.05, 0) is 96.0 Å². The lowest BCUT2D eigenvalue weighted by molar-refractivity contribution is -0.147. The Morgan fingerprint density at radius 3 is 1.48 bits per heavy atom. The molecule has 0 saturated heterocycles. The molecule has 1 N–H and O–H groups in total. The van der Waals surface area contributed by atoms with E-state index in [1.165, 1.54) is 51.4 Å². The summed E-state index contributed by atoms with van der Waals surface area (Å²) in [6, 6.07) is 0. The van der Waals surface area contributed by atoms with Crippen LogP contribution in [0.4, 0.5) is 0 Å². The first-order valence-corrected chi connectivity index (χ1v) is 19.6. The number of aliphatic carboxylic acids is 1. The van der Waals surface area contributed by atoms with Gasteiger partial charge in [0, 0.05) is 12.8 Å². The Morgan fingerprint density at radius 2 is 0.938 bits per heavy atom. The number of carbonyl (C=O) groups is 2. The first-order chi connectivity index (χ1) is 23.6. The van der Waals surface area contributed by atoms with Crippen molar-refractivity contribution in [1.29, 1.82) is 0 Å². The Kier molecular flexibility index (Phi) is 36.3. The highest BCUT2D eigenvalue weighted by molar-refractivity contribution is 5.69. The van der Waals surface area contributed by atoms with Crippen LogP contribution in [0.5, 0.6) is 0 Å². The van der Waals surface area contributed by atoms with E-state index in [1.807, 2.05) is 0 Å². The Hall–Kier alpha value is -2.88. The van der Waals surface area contributed by atoms with E-state index in [2.05, 4.69) is 98.9 Å². The van der Waals surface area contributed by atoms with E-state index in [0.717, 1.165) is 96.3 Å². The van der Waals surface area contributed by atoms with Crippen LogP contribution in [0.15, 0.2) is 85.1 Å². The summed E-state index contributed by atoms with van der Waals surface area (Å²) in [5.74, 6) is -0.814. The Balaban J connectivity index is 4.17. The second-order valence-corrected chi connectivity index (χ2v) is 12.7. The molecule has 1 unspecified atom stereocenters. The summed E-state index contributed by atoms with van der Waals surface area (Å²) in [7, 11) is 0. The van der Waals surface area contributed by atoms with Gasteiger partial charge in [-0.25, -0.2) is 0 Å². The van der Waals surface area contributed by atoms with Crippen LogP contribution in [0.1, 0.15) is 174 Å². The lowest BCUT2D eigenvalue weighted by Gasteiger charge is -2.14. The largest absolute Gasteiger partial charge is 0.481 e. The maximum atomic E-state index is 12.6. The zero-order chi connectivity index (χ0) is 35.0. The monoisotopic (exact) mass is 665 g/mol. The standard InChI is InChI=1S/C44H72O4/c1-3-5-7-9-11-13-15-16-17-18-19-20-21-22-24-26-28-33-37-41-44(47)48-42(39-35-31-29-32-36-40-43(45)46)38-34-30-27-25-23-14-12-10-8-6-4-2/h6,8,11-14,16-17,19-20,25,27,34,38,42H,3-5,7,9-10,15,18,21-24,26,28-33,35-37,39-41H2,1-2H3,(H,45,46)/b8-6-,13-11-,14-12-,17-16-,20-19-,27-25-,38-34-. The van der Waals surface area contributed by atoms with Gasteiger partial charge < -0.3 is 9.84 Å². The summed E-state index contributed by atoms with van der Waals surface area (Å²) in [4.78, 5) is 23.3. The van der Waals surface area contributed by atoms with E-state index in [9.17, 15) is 9.59 Å². The van der Waals surface area contributed by atoms with Crippen molar-refractivity contribution in [2.45, 2.75) is 180 Å². The van der Waals surface area contributed by atoms with Gasteiger partial charge in [0.05, 0.1) is 0 Å². The van der Waals surface area contributed by atoms with Crippen molar-refractivity contribution < 1.29 is 19.4 Å². The van der Waals surface area contributed by atoms with Gasteiger partial charge in [-0.1, -0.05) is 151 Å². The van der Waals surface area contributed by atoms with Crippen LogP contribution < -0.4 is 0 Å². The Bertz CT molecular complexity index is 934. The normalized spacial score (nSPS) is 13.2. The van der Waals surface area contributed by atoms with Gasteiger partial charge in [0.2, 0.25) is 0 Å². The molecular formula is C44H72O4. The number of esters is 1. The average molecular weight is 665 g/mol. The van der Waals surface area contributed by atoms with Crippen LogP contribution >= 0.6 is 0 Å². The number of unbranched alkanes of at least 4 members (excludes halogenated alkanes) is 13. The van der Waals surface area contributed by atoms with E-state index in [0.29, 0.717) is 6.42 Å². The van der Waals surface area contributed by atoms with Crippen LogP contribution in [-0.2, 0) is 14.3 Å². The highest BCUT2D eigenvalue weighted by atomic mass is 16.5. The SMILES string of the molecule is CC/C=C\C/C=C\C/C=C\C/C=C\C(CCCCCCCC(=O)O)OC(=O)CCCCCCCC/C=C\C/C=C\C/C=C\CCCCC. The fourth-order valence-corrected chi connectivity index (χ4v) is 5.22. The van der Waals surface area contributed by atoms with Crippen molar-refractivity contribution in [1.82, 2.24) is 0 Å². The molecule has 4 heteroatoms. The van der Waals surface area contributed by atoms with Gasteiger partial charge in [-0.2, -0.15) is 0 Å². The molecule has 0 aliphatic carbocycles. The van der Waals surface area contributed by atoms with Crippen molar-refractivity contribution in [2.24, 2.45) is 0 Å². The number of carboxylic acids is 1. The minimum Gasteiger partial charge on any atom is -0.481 e. The lowest BCUT2D eigenvalue weighted by atomic mass is 10.1. The molecule has 0 aliphatic heterocycles. The molecule has 1 atom stereocenters. The van der Waals surface area contributed by atoms with E-state index in [-0.39, 0.29) is 18.5 Å². The molecule has 0 rings (SSSR count). The van der Waals surface area contributed by atoms with E-state index in [1.54, 1.807) is 0 Å². The number of carboxylic acid groups (broad SMARTS) is 1. The number of hydrogen-bond acceptors (Lipinski definition) is 3. The predicted octanol–water partition coefficient (Wildman–Crippen LogP) is 13.7.